The van der Waals surface area contributed by atoms with Crippen molar-refractivity contribution in [1.29, 1.82) is 0 Å². The Morgan fingerprint density at radius 3 is 2.14 bits per heavy atom. The molecule has 3 heteroatoms. The number of halogens is 1. The second-order valence-electron chi connectivity index (χ2n) is 2.82. The molecule has 0 amide bonds. The number of hydrogen-bond acceptors (Lipinski definition) is 1. The molecule has 0 atom stereocenters. The van der Waals surface area contributed by atoms with Gasteiger partial charge in [-0.1, -0.05) is 6.07 Å². The number of aromatic nitrogens is 2. The highest BCUT2D eigenvalue weighted by molar-refractivity contribution is 6.16. The van der Waals surface area contributed by atoms with Crippen LogP contribution in [0.5, 0.6) is 0 Å². The highest BCUT2D eigenvalue weighted by atomic mass is 35.5. The zero-order valence-electron chi connectivity index (χ0n) is 8.07. The van der Waals surface area contributed by atoms with Crippen molar-refractivity contribution in [3.05, 3.63) is 54.1 Å². The quantitative estimate of drug-likeness (QED) is 0.717. The predicted octanol–water partition coefficient (Wildman–Crippen LogP) is 3.14. The van der Waals surface area contributed by atoms with Gasteiger partial charge < -0.3 is 4.98 Å². The van der Waals surface area contributed by atoms with E-state index < -0.39 is 0 Å². The number of aryl methyl sites for hydroxylation is 1. The maximum Gasteiger partial charge on any atom is 0.0625 e. The maximum absolute atomic E-state index is 5.51. The molecule has 0 fully saturated rings. The molecule has 2 nitrogen and oxygen atoms in total. The Balaban J connectivity index is 0.000000146. The van der Waals surface area contributed by atoms with Crippen LogP contribution in [-0.4, -0.2) is 9.97 Å². The first kappa shape index (κ1) is 10.8. The predicted molar refractivity (Wildman–Crippen MR) is 59.3 cm³/mol. The van der Waals surface area contributed by atoms with Gasteiger partial charge >= 0.3 is 0 Å². The summed E-state index contributed by atoms with van der Waals surface area (Å²) < 4.78 is 0. The highest BCUT2D eigenvalue weighted by Gasteiger charge is 1.88. The van der Waals surface area contributed by atoms with E-state index in [-0.39, 0.29) is 0 Å². The Morgan fingerprint density at radius 2 is 1.93 bits per heavy atom. The van der Waals surface area contributed by atoms with Crippen molar-refractivity contribution in [2.75, 3.05) is 0 Å². The zero-order valence-corrected chi connectivity index (χ0v) is 8.83. The van der Waals surface area contributed by atoms with Crippen molar-refractivity contribution < 1.29 is 0 Å². The zero-order chi connectivity index (χ0) is 10.2. The van der Waals surface area contributed by atoms with Crippen molar-refractivity contribution in [3.63, 3.8) is 0 Å². The first-order valence-corrected chi connectivity index (χ1v) is 4.92. The fraction of sp³-hybridized carbons (Fsp3) is 0.182. The van der Waals surface area contributed by atoms with Gasteiger partial charge in [0.15, 0.2) is 0 Å². The first-order valence-electron chi connectivity index (χ1n) is 4.38. The second-order valence-corrected chi connectivity index (χ2v) is 3.09. The molecule has 0 aliphatic carbocycles. The SMILES string of the molecule is Cc1ccc(CCl)[nH]1.c1ccncc1. The van der Waals surface area contributed by atoms with E-state index in [2.05, 4.69) is 9.97 Å². The monoisotopic (exact) mass is 208 g/mol. The molecule has 1 N–H and O–H groups in total. The lowest BCUT2D eigenvalue weighted by molar-refractivity contribution is 1.17. The fourth-order valence-electron chi connectivity index (χ4n) is 0.953. The summed E-state index contributed by atoms with van der Waals surface area (Å²) in [6, 6.07) is 9.72. The topological polar surface area (TPSA) is 28.7 Å². The Hall–Kier alpha value is -1.28. The summed E-state index contributed by atoms with van der Waals surface area (Å²) in [5.41, 5.74) is 2.25. The third kappa shape index (κ3) is 4.10. The van der Waals surface area contributed by atoms with Gasteiger partial charge in [-0.2, -0.15) is 0 Å². The Labute approximate surface area is 89.0 Å². The van der Waals surface area contributed by atoms with Gasteiger partial charge in [0.25, 0.3) is 0 Å². The lowest BCUT2D eigenvalue weighted by atomic mass is 10.5. The minimum Gasteiger partial charge on any atom is -0.362 e. The molecule has 0 saturated carbocycles. The summed E-state index contributed by atoms with van der Waals surface area (Å²) in [5.74, 6) is 0.577. The molecular weight excluding hydrogens is 196 g/mol. The molecular formula is C11H13ClN2. The third-order valence-corrected chi connectivity index (χ3v) is 1.89. The number of aromatic amines is 1. The molecule has 0 aliphatic heterocycles. The van der Waals surface area contributed by atoms with Gasteiger partial charge in [-0.15, -0.1) is 11.6 Å². The molecule has 0 bridgehead atoms. The number of pyridine rings is 1. The Bertz CT molecular complexity index is 316. The van der Waals surface area contributed by atoms with E-state index in [0.29, 0.717) is 5.88 Å². The van der Waals surface area contributed by atoms with Crippen LogP contribution in [0, 0.1) is 6.92 Å². The van der Waals surface area contributed by atoms with E-state index in [4.69, 9.17) is 11.6 Å². The van der Waals surface area contributed by atoms with Crippen LogP contribution in [0.2, 0.25) is 0 Å². The molecule has 0 saturated heterocycles. The number of nitrogens with one attached hydrogen (secondary N) is 1. The summed E-state index contributed by atoms with van der Waals surface area (Å²) >= 11 is 5.51. The normalized spacial score (nSPS) is 9.00. The third-order valence-electron chi connectivity index (χ3n) is 1.60. The smallest absolute Gasteiger partial charge is 0.0625 e. The summed E-state index contributed by atoms with van der Waals surface area (Å²) in [6.45, 7) is 2.01. The van der Waals surface area contributed by atoms with E-state index in [9.17, 15) is 0 Å². The highest BCUT2D eigenvalue weighted by Crippen LogP contribution is 2.01. The van der Waals surface area contributed by atoms with Crippen molar-refractivity contribution >= 4 is 11.6 Å². The van der Waals surface area contributed by atoms with E-state index in [1.165, 1.54) is 5.69 Å². The Kier molecular flexibility index (Phi) is 4.79. The summed E-state index contributed by atoms with van der Waals surface area (Å²) in [6.07, 6.45) is 3.50. The molecule has 0 aliphatic rings. The molecule has 74 valence electrons. The number of rotatable bonds is 1. The van der Waals surface area contributed by atoms with Crippen LogP contribution in [0.1, 0.15) is 11.4 Å². The molecule has 0 unspecified atom stereocenters. The van der Waals surface area contributed by atoms with Crippen LogP contribution >= 0.6 is 11.6 Å². The van der Waals surface area contributed by atoms with Crippen LogP contribution in [0.4, 0.5) is 0 Å². The molecule has 2 rings (SSSR count). The average molecular weight is 209 g/mol. The molecule has 0 radical (unpaired) electrons. The van der Waals surface area contributed by atoms with Crippen molar-refractivity contribution in [2.45, 2.75) is 12.8 Å². The maximum atomic E-state index is 5.51. The van der Waals surface area contributed by atoms with Crippen molar-refractivity contribution in [2.24, 2.45) is 0 Å². The number of alkyl halides is 1. The molecule has 0 spiro atoms. The van der Waals surface area contributed by atoms with Crippen molar-refractivity contribution in [1.82, 2.24) is 9.97 Å². The molecule has 14 heavy (non-hydrogen) atoms. The largest absolute Gasteiger partial charge is 0.362 e. The van der Waals surface area contributed by atoms with Gasteiger partial charge in [-0.25, -0.2) is 0 Å². The van der Waals surface area contributed by atoms with Gasteiger partial charge in [-0.05, 0) is 31.2 Å². The fourth-order valence-corrected chi connectivity index (χ4v) is 1.11. The molecule has 2 aromatic rings. The summed E-state index contributed by atoms with van der Waals surface area (Å²) in [4.78, 5) is 6.88. The minimum atomic E-state index is 0.577. The minimum absolute atomic E-state index is 0.577. The van der Waals surface area contributed by atoms with Gasteiger partial charge in [0.1, 0.15) is 0 Å². The Morgan fingerprint density at radius 1 is 1.21 bits per heavy atom. The van der Waals surface area contributed by atoms with E-state index in [1.807, 2.05) is 37.3 Å². The molecule has 0 aromatic carbocycles. The number of hydrogen-bond donors (Lipinski definition) is 1. The molecule has 2 heterocycles. The lowest BCUT2D eigenvalue weighted by Crippen LogP contribution is -1.74. The molecule has 2 aromatic heterocycles. The van der Waals surface area contributed by atoms with Crippen LogP contribution in [0.25, 0.3) is 0 Å². The second kappa shape index (κ2) is 6.22. The van der Waals surface area contributed by atoms with E-state index >= 15 is 0 Å². The van der Waals surface area contributed by atoms with Gasteiger partial charge in [0.2, 0.25) is 0 Å². The van der Waals surface area contributed by atoms with Crippen LogP contribution < -0.4 is 0 Å². The van der Waals surface area contributed by atoms with E-state index in [0.717, 1.165) is 5.69 Å². The van der Waals surface area contributed by atoms with Crippen LogP contribution in [-0.2, 0) is 5.88 Å². The van der Waals surface area contributed by atoms with Gasteiger partial charge in [0.05, 0.1) is 5.88 Å². The lowest BCUT2D eigenvalue weighted by Gasteiger charge is -1.83. The average Bonchev–Trinajstić information content (AvgIpc) is 2.68. The van der Waals surface area contributed by atoms with Crippen LogP contribution in [0.15, 0.2) is 42.7 Å². The van der Waals surface area contributed by atoms with Crippen molar-refractivity contribution in [3.8, 4) is 0 Å². The standard InChI is InChI=1S/C6H8ClN.C5H5N/c1-5-2-3-6(4-7)8-5;1-2-4-6-5-3-1/h2-3,8H,4H2,1H3;1-5H. The summed E-state index contributed by atoms with van der Waals surface area (Å²) in [7, 11) is 0. The first-order chi connectivity index (χ1) is 6.83. The van der Waals surface area contributed by atoms with E-state index in [1.54, 1.807) is 12.4 Å². The van der Waals surface area contributed by atoms with Gasteiger partial charge in [-0.3, -0.25) is 4.98 Å². The summed E-state index contributed by atoms with van der Waals surface area (Å²) in [5, 5.41) is 0. The number of nitrogens with zero attached hydrogens (tertiary/aromatic N) is 1. The van der Waals surface area contributed by atoms with Gasteiger partial charge in [0, 0.05) is 23.8 Å². The van der Waals surface area contributed by atoms with Crippen LogP contribution in [0.3, 0.4) is 0 Å². The number of H-pyrrole nitrogens is 1.